The molecule has 2 aliphatic heterocycles. The number of piperidine rings is 1. The largest absolute Gasteiger partial charge is 0.507 e. The zero-order valence-corrected chi connectivity index (χ0v) is 21.2. The average Bonchev–Trinajstić information content (AvgIpc) is 3.15. The van der Waals surface area contributed by atoms with Gasteiger partial charge in [-0.05, 0) is 68.9 Å². The van der Waals surface area contributed by atoms with Crippen LogP contribution in [0.4, 0.5) is 0 Å². The quantitative estimate of drug-likeness (QED) is 0.303. The molecule has 1 aromatic rings. The van der Waals surface area contributed by atoms with Crippen LogP contribution >= 0.6 is 0 Å². The monoisotopic (exact) mass is 467 g/mol. The molecule has 2 N–H and O–H groups in total. The molecule has 0 spiro atoms. The summed E-state index contributed by atoms with van der Waals surface area (Å²) in [7, 11) is 3.82. The normalized spacial score (nSPS) is 22.6. The summed E-state index contributed by atoms with van der Waals surface area (Å²) in [5.74, 6) is 1.01. The molecule has 0 radical (unpaired) electrons. The molecule has 6 heteroatoms. The molecule has 1 unspecified atom stereocenters. The number of amidine groups is 1. The van der Waals surface area contributed by atoms with Crippen LogP contribution in [0.1, 0.15) is 78.4 Å². The molecule has 188 valence electrons. The van der Waals surface area contributed by atoms with Crippen molar-refractivity contribution < 1.29 is 5.11 Å². The van der Waals surface area contributed by atoms with E-state index in [0.717, 1.165) is 29.8 Å². The van der Waals surface area contributed by atoms with Crippen molar-refractivity contribution in [3.8, 4) is 5.75 Å². The van der Waals surface area contributed by atoms with E-state index in [0.29, 0.717) is 29.4 Å². The molecule has 0 amide bonds. The third kappa shape index (κ3) is 7.66. The van der Waals surface area contributed by atoms with Crippen LogP contribution in [0, 0.1) is 0 Å². The van der Waals surface area contributed by atoms with E-state index in [1.54, 1.807) is 25.4 Å². The maximum absolute atomic E-state index is 10.6. The second-order valence-corrected chi connectivity index (χ2v) is 8.78. The number of benzene rings is 1. The molecule has 0 saturated carbocycles. The SMILES string of the molecule is C.C=C/C(=N\N=C(/C)N(C)C1C[C@H]2CC[C@@H](C1)N2)c1ccc(/C(C=NC)=C/C)cc1O.CCC. The molecule has 2 heterocycles. The van der Waals surface area contributed by atoms with E-state index in [2.05, 4.69) is 52.9 Å². The lowest BCUT2D eigenvalue weighted by Crippen LogP contribution is -2.48. The van der Waals surface area contributed by atoms with Crippen molar-refractivity contribution in [2.75, 3.05) is 14.1 Å². The Kier molecular flexibility index (Phi) is 12.5. The first-order valence-electron chi connectivity index (χ1n) is 12.0. The lowest BCUT2D eigenvalue weighted by atomic mass is 9.98. The van der Waals surface area contributed by atoms with E-state index in [9.17, 15) is 5.11 Å². The number of allylic oxidation sites excluding steroid dienone is 3. The molecule has 0 aliphatic carbocycles. The van der Waals surface area contributed by atoms with Crippen LogP contribution in [0.25, 0.3) is 5.57 Å². The first-order valence-corrected chi connectivity index (χ1v) is 12.0. The highest BCUT2D eigenvalue weighted by Gasteiger charge is 2.35. The van der Waals surface area contributed by atoms with Gasteiger partial charge in [-0.2, -0.15) is 0 Å². The van der Waals surface area contributed by atoms with Crippen LogP contribution in [-0.4, -0.2) is 60.0 Å². The topological polar surface area (TPSA) is 72.6 Å². The van der Waals surface area contributed by atoms with Crippen LogP contribution in [0.15, 0.2) is 52.1 Å². The zero-order chi connectivity index (χ0) is 24.4. The Morgan fingerprint density at radius 1 is 1.21 bits per heavy atom. The van der Waals surface area contributed by atoms with Crippen LogP contribution in [0.5, 0.6) is 5.75 Å². The molecule has 1 aromatic carbocycles. The van der Waals surface area contributed by atoms with Crippen LogP contribution in [0.3, 0.4) is 0 Å². The van der Waals surface area contributed by atoms with E-state index < -0.39 is 0 Å². The summed E-state index contributed by atoms with van der Waals surface area (Å²) >= 11 is 0. The number of hydrogen-bond donors (Lipinski definition) is 2. The van der Waals surface area contributed by atoms with E-state index in [1.165, 1.54) is 19.3 Å². The van der Waals surface area contributed by atoms with Crippen LogP contribution < -0.4 is 5.32 Å². The number of aromatic hydroxyl groups is 1. The maximum Gasteiger partial charge on any atom is 0.125 e. The lowest BCUT2D eigenvalue weighted by molar-refractivity contribution is 0.243. The average molecular weight is 468 g/mol. The van der Waals surface area contributed by atoms with Crippen molar-refractivity contribution in [1.29, 1.82) is 0 Å². The third-order valence-corrected chi connectivity index (χ3v) is 6.19. The third-order valence-electron chi connectivity index (χ3n) is 6.19. The van der Waals surface area contributed by atoms with Gasteiger partial charge in [0.1, 0.15) is 11.6 Å². The van der Waals surface area contributed by atoms with Gasteiger partial charge in [0.15, 0.2) is 0 Å². The van der Waals surface area contributed by atoms with Gasteiger partial charge in [0.25, 0.3) is 0 Å². The van der Waals surface area contributed by atoms with Gasteiger partial charge in [-0.1, -0.05) is 46.4 Å². The van der Waals surface area contributed by atoms with Crippen molar-refractivity contribution in [2.24, 2.45) is 15.2 Å². The lowest BCUT2D eigenvalue weighted by Gasteiger charge is -2.36. The summed E-state index contributed by atoms with van der Waals surface area (Å²) in [6.07, 6.45) is 11.5. The Hall–Kier alpha value is -2.73. The number of aliphatic imine (C=N–C) groups is 1. The first-order chi connectivity index (χ1) is 15.9. The molecule has 3 atom stereocenters. The molecule has 2 saturated heterocycles. The van der Waals surface area contributed by atoms with Gasteiger partial charge >= 0.3 is 0 Å². The van der Waals surface area contributed by atoms with Crippen LogP contribution in [-0.2, 0) is 0 Å². The Balaban J connectivity index is 0.00000137. The van der Waals surface area contributed by atoms with Crippen molar-refractivity contribution in [1.82, 2.24) is 10.2 Å². The fourth-order valence-electron chi connectivity index (χ4n) is 4.39. The van der Waals surface area contributed by atoms with Crippen molar-refractivity contribution in [3.05, 3.63) is 48.1 Å². The Bertz CT molecular complexity index is 903. The molecule has 2 aliphatic rings. The number of fused-ring (bicyclic) bond motifs is 2. The molecule has 2 bridgehead atoms. The number of nitrogens with zero attached hydrogens (tertiary/aromatic N) is 4. The van der Waals surface area contributed by atoms with E-state index in [4.69, 9.17) is 0 Å². The number of phenolic OH excluding ortho intramolecular Hbond substituents is 1. The van der Waals surface area contributed by atoms with Crippen molar-refractivity contribution in [3.63, 3.8) is 0 Å². The molecular weight excluding hydrogens is 422 g/mol. The highest BCUT2D eigenvalue weighted by atomic mass is 16.3. The van der Waals surface area contributed by atoms with Gasteiger partial charge < -0.3 is 15.3 Å². The number of phenols is 1. The number of rotatable bonds is 6. The van der Waals surface area contributed by atoms with Gasteiger partial charge in [-0.15, -0.1) is 10.2 Å². The summed E-state index contributed by atoms with van der Waals surface area (Å²) in [6.45, 7) is 12.0. The molecule has 0 aromatic heterocycles. The second-order valence-electron chi connectivity index (χ2n) is 8.78. The predicted molar refractivity (Wildman–Crippen MR) is 149 cm³/mol. The Labute approximate surface area is 207 Å². The molecule has 2 fully saturated rings. The van der Waals surface area contributed by atoms with Gasteiger partial charge in [0.05, 0.1) is 5.71 Å². The minimum Gasteiger partial charge on any atom is -0.507 e. The molecular formula is C28H45N5O. The highest BCUT2D eigenvalue weighted by Crippen LogP contribution is 2.29. The van der Waals surface area contributed by atoms with E-state index in [1.807, 2.05) is 32.1 Å². The summed E-state index contributed by atoms with van der Waals surface area (Å²) in [4.78, 5) is 6.30. The summed E-state index contributed by atoms with van der Waals surface area (Å²) in [6, 6.07) is 7.26. The number of nitrogens with one attached hydrogen (secondary N) is 1. The Morgan fingerprint density at radius 2 is 1.82 bits per heavy atom. The predicted octanol–water partition coefficient (Wildman–Crippen LogP) is 6.07. The van der Waals surface area contributed by atoms with Gasteiger partial charge in [0, 0.05) is 44.0 Å². The summed E-state index contributed by atoms with van der Waals surface area (Å²) in [5.41, 5.74) is 3.00. The molecule has 34 heavy (non-hydrogen) atoms. The standard InChI is InChI=1S/C24H33N5O.C3H8.CH4/c1-6-17(15-25-4)18-8-11-22(24(30)12-18)23(7-2)28-27-16(3)29(5)21-13-19-9-10-20(14-21)26-19;1-3-2;/h6-8,11-12,15,19-21,26,30H,2,9-10,13-14H2,1,3-5H3;3H2,1-2H3;1H4/b17-6+,25-15?,27-16+,28-23+;;/t19-,20+,21?;;. The second kappa shape index (κ2) is 14.5. The van der Waals surface area contributed by atoms with Gasteiger partial charge in [-0.3, -0.25) is 4.99 Å². The number of hydrogen-bond acceptors (Lipinski definition) is 5. The molecule has 6 nitrogen and oxygen atoms in total. The summed E-state index contributed by atoms with van der Waals surface area (Å²) < 4.78 is 0. The zero-order valence-electron chi connectivity index (χ0n) is 21.2. The van der Waals surface area contributed by atoms with Crippen molar-refractivity contribution >= 4 is 23.3 Å². The van der Waals surface area contributed by atoms with E-state index in [-0.39, 0.29) is 13.2 Å². The minimum absolute atomic E-state index is 0. The fourth-order valence-corrected chi connectivity index (χ4v) is 4.39. The first kappa shape index (κ1) is 29.3. The summed E-state index contributed by atoms with van der Waals surface area (Å²) in [5, 5.41) is 23.1. The van der Waals surface area contributed by atoms with Gasteiger partial charge in [0.2, 0.25) is 0 Å². The van der Waals surface area contributed by atoms with Crippen LogP contribution in [0.2, 0.25) is 0 Å². The van der Waals surface area contributed by atoms with Crippen molar-refractivity contribution in [2.45, 2.75) is 85.4 Å². The molecule has 3 rings (SSSR count). The van der Waals surface area contributed by atoms with Gasteiger partial charge in [-0.25, -0.2) is 0 Å². The van der Waals surface area contributed by atoms with E-state index >= 15 is 0 Å². The Morgan fingerprint density at radius 3 is 2.32 bits per heavy atom. The minimum atomic E-state index is 0. The smallest absolute Gasteiger partial charge is 0.125 e. The fraction of sp³-hybridized carbons (Fsp3) is 0.536. The highest BCUT2D eigenvalue weighted by molar-refractivity contribution is 6.12. The maximum atomic E-state index is 10.6.